The lowest BCUT2D eigenvalue weighted by atomic mass is 9.83. The smallest absolute Gasteiger partial charge is 0.133 e. The van der Waals surface area contributed by atoms with Gasteiger partial charge in [0.25, 0.3) is 0 Å². The Morgan fingerprint density at radius 1 is 1.57 bits per heavy atom. The van der Waals surface area contributed by atoms with Crippen LogP contribution >= 0.6 is 11.3 Å². The Labute approximate surface area is 89.1 Å². The Hall–Kier alpha value is -0.630. The summed E-state index contributed by atoms with van der Waals surface area (Å²) in [5, 5.41) is 4.33. The normalized spacial score (nSPS) is 27.1. The topological polar surface area (TPSA) is 17.1 Å². The van der Waals surface area contributed by atoms with Crippen LogP contribution in [0.25, 0.3) is 0 Å². The van der Waals surface area contributed by atoms with E-state index in [4.69, 9.17) is 0 Å². The molecule has 0 N–H and O–H groups in total. The number of Topliss-reactive ketones (excluding diaryl/α,β-unsaturated/α-hetero) is 1. The molecule has 0 aromatic carbocycles. The van der Waals surface area contributed by atoms with E-state index in [1.165, 1.54) is 5.56 Å². The standard InChI is InChI=1S/C12H16OS/c1-12(6-3-11(13)8-12)5-2-10-4-7-14-9-10/h4,7,9H,2-3,5-6,8H2,1H3. The summed E-state index contributed by atoms with van der Waals surface area (Å²) in [5.74, 6) is 0.456. The molecule has 1 nitrogen and oxygen atoms in total. The van der Waals surface area contributed by atoms with Gasteiger partial charge < -0.3 is 0 Å². The predicted octanol–water partition coefficient (Wildman–Crippen LogP) is 3.44. The molecule has 0 spiro atoms. The first kappa shape index (κ1) is 9.91. The second-order valence-corrected chi connectivity index (χ2v) is 5.44. The van der Waals surface area contributed by atoms with E-state index in [9.17, 15) is 4.79 Å². The Bertz CT molecular complexity index is 315. The van der Waals surface area contributed by atoms with Crippen molar-refractivity contribution >= 4 is 17.1 Å². The lowest BCUT2D eigenvalue weighted by Crippen LogP contribution is -2.12. The first-order chi connectivity index (χ1) is 6.68. The number of hydrogen-bond acceptors (Lipinski definition) is 2. The fourth-order valence-corrected chi connectivity index (χ4v) is 2.89. The summed E-state index contributed by atoms with van der Waals surface area (Å²) in [6.07, 6.45) is 5.00. The summed E-state index contributed by atoms with van der Waals surface area (Å²) in [7, 11) is 0. The molecule has 1 aromatic rings. The van der Waals surface area contributed by atoms with Crippen molar-refractivity contribution < 1.29 is 4.79 Å². The van der Waals surface area contributed by atoms with Crippen molar-refractivity contribution in [1.29, 1.82) is 0 Å². The van der Waals surface area contributed by atoms with E-state index in [0.29, 0.717) is 11.2 Å². The van der Waals surface area contributed by atoms with Crippen LogP contribution in [0.5, 0.6) is 0 Å². The SMILES string of the molecule is CC1(CCc2ccsc2)CCC(=O)C1. The van der Waals surface area contributed by atoms with Crippen LogP contribution in [0.1, 0.15) is 38.2 Å². The molecule has 0 saturated heterocycles. The number of hydrogen-bond donors (Lipinski definition) is 0. The second kappa shape index (κ2) is 3.85. The van der Waals surface area contributed by atoms with Gasteiger partial charge in [0.1, 0.15) is 5.78 Å². The Kier molecular flexibility index (Phi) is 2.73. The van der Waals surface area contributed by atoms with Gasteiger partial charge in [-0.2, -0.15) is 11.3 Å². The van der Waals surface area contributed by atoms with E-state index in [-0.39, 0.29) is 0 Å². The van der Waals surface area contributed by atoms with Gasteiger partial charge in [0.05, 0.1) is 0 Å². The lowest BCUT2D eigenvalue weighted by Gasteiger charge is -2.21. The molecule has 0 amide bonds. The second-order valence-electron chi connectivity index (χ2n) is 4.66. The van der Waals surface area contributed by atoms with Crippen LogP contribution in [0.4, 0.5) is 0 Å². The van der Waals surface area contributed by atoms with Crippen molar-refractivity contribution in [2.75, 3.05) is 0 Å². The highest BCUT2D eigenvalue weighted by atomic mass is 32.1. The summed E-state index contributed by atoms with van der Waals surface area (Å²) in [6.45, 7) is 2.25. The highest BCUT2D eigenvalue weighted by Gasteiger charge is 2.33. The third kappa shape index (κ3) is 2.24. The van der Waals surface area contributed by atoms with Gasteiger partial charge in [0.2, 0.25) is 0 Å². The summed E-state index contributed by atoms with van der Waals surface area (Å²) < 4.78 is 0. The fraction of sp³-hybridized carbons (Fsp3) is 0.583. The van der Waals surface area contributed by atoms with Crippen molar-refractivity contribution in [2.24, 2.45) is 5.41 Å². The molecule has 0 radical (unpaired) electrons. The van der Waals surface area contributed by atoms with Crippen LogP contribution < -0.4 is 0 Å². The molecule has 0 bridgehead atoms. The maximum Gasteiger partial charge on any atom is 0.133 e. The first-order valence-corrected chi connectivity index (χ1v) is 6.15. The van der Waals surface area contributed by atoms with Gasteiger partial charge in [-0.1, -0.05) is 6.92 Å². The Morgan fingerprint density at radius 3 is 3.00 bits per heavy atom. The van der Waals surface area contributed by atoms with Gasteiger partial charge >= 0.3 is 0 Å². The van der Waals surface area contributed by atoms with Gasteiger partial charge in [-0.3, -0.25) is 4.79 Å². The molecule has 1 heterocycles. The molecule has 1 aliphatic carbocycles. The van der Waals surface area contributed by atoms with Crippen molar-refractivity contribution in [2.45, 2.75) is 39.0 Å². The summed E-state index contributed by atoms with van der Waals surface area (Å²) in [5.41, 5.74) is 1.72. The van der Waals surface area contributed by atoms with Crippen molar-refractivity contribution in [3.63, 3.8) is 0 Å². The van der Waals surface area contributed by atoms with Crippen LogP contribution in [-0.4, -0.2) is 5.78 Å². The third-order valence-corrected chi connectivity index (χ3v) is 3.96. The zero-order valence-electron chi connectivity index (χ0n) is 8.58. The van der Waals surface area contributed by atoms with Crippen LogP contribution in [0.3, 0.4) is 0 Å². The van der Waals surface area contributed by atoms with Crippen LogP contribution in [0, 0.1) is 5.41 Å². The third-order valence-electron chi connectivity index (χ3n) is 3.23. The Morgan fingerprint density at radius 2 is 2.43 bits per heavy atom. The van der Waals surface area contributed by atoms with Gasteiger partial charge in [-0.25, -0.2) is 0 Å². The van der Waals surface area contributed by atoms with E-state index in [2.05, 4.69) is 23.8 Å². The molecule has 0 aliphatic heterocycles. The minimum Gasteiger partial charge on any atom is -0.300 e. The summed E-state index contributed by atoms with van der Waals surface area (Å²) >= 11 is 1.75. The average molecular weight is 208 g/mol. The number of thiophene rings is 1. The predicted molar refractivity (Wildman–Crippen MR) is 59.6 cm³/mol. The lowest BCUT2D eigenvalue weighted by molar-refractivity contribution is -0.118. The zero-order valence-corrected chi connectivity index (χ0v) is 9.40. The van der Waals surface area contributed by atoms with Crippen LogP contribution in [-0.2, 0) is 11.2 Å². The number of carbonyl (C=O) groups excluding carboxylic acids is 1. The van der Waals surface area contributed by atoms with E-state index >= 15 is 0 Å². The number of carbonyl (C=O) groups is 1. The number of rotatable bonds is 3. The van der Waals surface area contributed by atoms with Crippen molar-refractivity contribution in [1.82, 2.24) is 0 Å². The average Bonchev–Trinajstić information content (AvgIpc) is 2.73. The molecular weight excluding hydrogens is 192 g/mol. The molecule has 2 rings (SSSR count). The van der Waals surface area contributed by atoms with Gasteiger partial charge in [0, 0.05) is 12.8 Å². The molecule has 1 aliphatic rings. The van der Waals surface area contributed by atoms with E-state index in [1.807, 2.05) is 0 Å². The summed E-state index contributed by atoms with van der Waals surface area (Å²) in [6, 6.07) is 2.19. The highest BCUT2D eigenvalue weighted by Crippen LogP contribution is 2.39. The maximum atomic E-state index is 11.2. The molecule has 1 atom stereocenters. The molecule has 1 aromatic heterocycles. The van der Waals surface area contributed by atoms with Crippen molar-refractivity contribution in [3.8, 4) is 0 Å². The zero-order chi connectivity index (χ0) is 10.0. The molecule has 14 heavy (non-hydrogen) atoms. The van der Waals surface area contributed by atoms with Crippen LogP contribution in [0.15, 0.2) is 16.8 Å². The largest absolute Gasteiger partial charge is 0.300 e. The van der Waals surface area contributed by atoms with E-state index in [1.54, 1.807) is 11.3 Å². The molecule has 1 fully saturated rings. The van der Waals surface area contributed by atoms with E-state index < -0.39 is 0 Å². The van der Waals surface area contributed by atoms with Gasteiger partial charge in [0.15, 0.2) is 0 Å². The number of ketones is 1. The monoisotopic (exact) mass is 208 g/mol. The highest BCUT2D eigenvalue weighted by molar-refractivity contribution is 7.07. The Balaban J connectivity index is 1.89. The number of aryl methyl sites for hydroxylation is 1. The quantitative estimate of drug-likeness (QED) is 0.743. The minimum atomic E-state index is 0.291. The van der Waals surface area contributed by atoms with Crippen LogP contribution in [0.2, 0.25) is 0 Å². The van der Waals surface area contributed by atoms with E-state index in [0.717, 1.165) is 32.1 Å². The molecule has 2 heteroatoms. The van der Waals surface area contributed by atoms with Gasteiger partial charge in [-0.15, -0.1) is 0 Å². The van der Waals surface area contributed by atoms with Gasteiger partial charge in [-0.05, 0) is 47.1 Å². The molecule has 76 valence electrons. The summed E-state index contributed by atoms with van der Waals surface area (Å²) in [4.78, 5) is 11.2. The molecular formula is C12H16OS. The fourth-order valence-electron chi connectivity index (χ4n) is 2.19. The minimum absolute atomic E-state index is 0.291. The first-order valence-electron chi connectivity index (χ1n) is 5.21. The maximum absolute atomic E-state index is 11.2. The molecule has 1 unspecified atom stereocenters. The molecule has 1 saturated carbocycles. The van der Waals surface area contributed by atoms with Crippen molar-refractivity contribution in [3.05, 3.63) is 22.4 Å².